The third-order valence-corrected chi connectivity index (χ3v) is 10.2. The Kier molecular flexibility index (Phi) is 10.4. The summed E-state index contributed by atoms with van der Waals surface area (Å²) < 4.78 is 0. The normalized spacial score (nSPS) is 26.9. The summed E-state index contributed by atoms with van der Waals surface area (Å²) >= 11 is 0. The predicted octanol–water partition coefficient (Wildman–Crippen LogP) is 5.63. The molecule has 6 heteroatoms. The van der Waals surface area contributed by atoms with Crippen molar-refractivity contribution in [2.45, 2.75) is 75.9 Å². The fourth-order valence-electron chi connectivity index (χ4n) is 7.09. The Labute approximate surface area is 253 Å². The van der Waals surface area contributed by atoms with E-state index in [1.807, 2.05) is 12.4 Å². The van der Waals surface area contributed by atoms with Crippen LogP contribution in [0.3, 0.4) is 0 Å². The van der Waals surface area contributed by atoms with Crippen molar-refractivity contribution in [2.24, 2.45) is 11.8 Å². The second-order valence-corrected chi connectivity index (χ2v) is 13.2. The summed E-state index contributed by atoms with van der Waals surface area (Å²) in [6.07, 6.45) is 12.0. The molecule has 226 valence electrons. The third-order valence-electron chi connectivity index (χ3n) is 10.2. The van der Waals surface area contributed by atoms with Gasteiger partial charge < -0.3 is 15.5 Å². The van der Waals surface area contributed by atoms with Crippen molar-refractivity contribution in [3.05, 3.63) is 89.7 Å². The lowest BCUT2D eigenvalue weighted by Crippen LogP contribution is -2.37. The fourth-order valence-corrected chi connectivity index (χ4v) is 7.09. The first kappa shape index (κ1) is 29.6. The fraction of sp³-hybridized carbons (Fsp3) is 0.583. The molecule has 4 aliphatic rings. The molecule has 0 radical (unpaired) electrons. The molecule has 0 amide bonds. The van der Waals surface area contributed by atoms with E-state index in [-0.39, 0.29) is 0 Å². The largest absolute Gasteiger partial charge is 0.313 e. The van der Waals surface area contributed by atoms with Gasteiger partial charge in [-0.25, -0.2) is 0 Å². The summed E-state index contributed by atoms with van der Waals surface area (Å²) in [4.78, 5) is 5.12. The van der Waals surface area contributed by atoms with Gasteiger partial charge in [-0.1, -0.05) is 67.6 Å². The molecule has 3 aromatic rings. The molecule has 2 aliphatic carbocycles. The molecule has 2 saturated carbocycles. The molecule has 7 rings (SSSR count). The lowest BCUT2D eigenvalue weighted by molar-refractivity contribution is 0.175. The standard InChI is InChI=1S/C19H26N4.C17H26N2/c1-2-4-17(5-3-1)18-10-19(18)20-11-15-6-8-23(9-7-15)14-16-12-21-22-13-16;1-2-19-10-8-14(9-11-19)13-18-17-12-16(17)15-6-4-3-5-7-15/h1-5,12-13,15,18-20H,6-11,14H2,(H,21,22);3-7,14,16-18H,2,8-13H2,1H3/t18-,19+;16-,17+/m00/s1. The summed E-state index contributed by atoms with van der Waals surface area (Å²) in [6, 6.07) is 23.4. The van der Waals surface area contributed by atoms with Crippen LogP contribution in [0.2, 0.25) is 0 Å². The van der Waals surface area contributed by atoms with E-state index < -0.39 is 0 Å². The predicted molar refractivity (Wildman–Crippen MR) is 173 cm³/mol. The highest BCUT2D eigenvalue weighted by Gasteiger charge is 2.39. The van der Waals surface area contributed by atoms with Crippen LogP contribution >= 0.6 is 0 Å². The van der Waals surface area contributed by atoms with Crippen LogP contribution in [0.15, 0.2) is 73.1 Å². The van der Waals surface area contributed by atoms with Gasteiger partial charge in [0.1, 0.15) is 0 Å². The molecule has 2 aliphatic heterocycles. The molecule has 0 spiro atoms. The van der Waals surface area contributed by atoms with E-state index >= 15 is 0 Å². The molecule has 1 aromatic heterocycles. The number of H-pyrrole nitrogens is 1. The van der Waals surface area contributed by atoms with Crippen molar-refractivity contribution >= 4 is 0 Å². The van der Waals surface area contributed by atoms with Gasteiger partial charge in [-0.15, -0.1) is 0 Å². The van der Waals surface area contributed by atoms with E-state index in [1.54, 1.807) is 0 Å². The number of nitrogens with one attached hydrogen (secondary N) is 3. The van der Waals surface area contributed by atoms with E-state index in [4.69, 9.17) is 0 Å². The van der Waals surface area contributed by atoms with Gasteiger partial charge in [0, 0.05) is 42.2 Å². The minimum absolute atomic E-state index is 0.710. The summed E-state index contributed by atoms with van der Waals surface area (Å²) in [5.74, 6) is 3.27. The van der Waals surface area contributed by atoms with Crippen LogP contribution in [0, 0.1) is 11.8 Å². The van der Waals surface area contributed by atoms with Crippen LogP contribution in [0.5, 0.6) is 0 Å². The number of rotatable bonds is 11. The van der Waals surface area contributed by atoms with Crippen LogP contribution in [0.4, 0.5) is 0 Å². The van der Waals surface area contributed by atoms with Crippen LogP contribution in [-0.4, -0.2) is 77.9 Å². The molecule has 2 saturated heterocycles. The topological polar surface area (TPSA) is 59.2 Å². The molecule has 3 N–H and O–H groups in total. The zero-order valence-corrected chi connectivity index (χ0v) is 25.6. The number of aromatic nitrogens is 2. The number of piperidine rings is 2. The second kappa shape index (κ2) is 14.8. The Hall–Kier alpha value is -2.51. The summed E-state index contributed by atoms with van der Waals surface area (Å²) in [5.41, 5.74) is 4.31. The van der Waals surface area contributed by atoms with Gasteiger partial charge in [0.2, 0.25) is 0 Å². The summed E-state index contributed by atoms with van der Waals surface area (Å²) in [5, 5.41) is 14.5. The average Bonchev–Trinajstić information content (AvgIpc) is 3.96. The van der Waals surface area contributed by atoms with E-state index in [2.05, 4.69) is 98.2 Å². The Morgan fingerprint density at radius 1 is 0.714 bits per heavy atom. The Bertz CT molecular complexity index is 1150. The van der Waals surface area contributed by atoms with Crippen molar-refractivity contribution in [2.75, 3.05) is 45.8 Å². The van der Waals surface area contributed by atoms with Crippen LogP contribution in [0.25, 0.3) is 0 Å². The number of hydrogen-bond donors (Lipinski definition) is 3. The maximum atomic E-state index is 4.03. The highest BCUT2D eigenvalue weighted by Crippen LogP contribution is 2.41. The Morgan fingerprint density at radius 2 is 1.21 bits per heavy atom. The molecule has 42 heavy (non-hydrogen) atoms. The minimum Gasteiger partial charge on any atom is -0.313 e. The maximum Gasteiger partial charge on any atom is 0.0532 e. The summed E-state index contributed by atoms with van der Waals surface area (Å²) in [7, 11) is 0. The number of nitrogens with zero attached hydrogens (tertiary/aromatic N) is 3. The average molecular weight is 569 g/mol. The highest BCUT2D eigenvalue weighted by molar-refractivity contribution is 5.28. The number of benzene rings is 2. The van der Waals surface area contributed by atoms with Gasteiger partial charge in [0.25, 0.3) is 0 Å². The molecule has 4 fully saturated rings. The summed E-state index contributed by atoms with van der Waals surface area (Å²) in [6.45, 7) is 12.0. The highest BCUT2D eigenvalue weighted by atomic mass is 15.1. The molecule has 0 unspecified atom stereocenters. The first-order valence-corrected chi connectivity index (χ1v) is 16.7. The lowest BCUT2D eigenvalue weighted by Gasteiger charge is -2.31. The van der Waals surface area contributed by atoms with Crippen molar-refractivity contribution in [3.63, 3.8) is 0 Å². The zero-order chi connectivity index (χ0) is 28.6. The zero-order valence-electron chi connectivity index (χ0n) is 25.6. The van der Waals surface area contributed by atoms with Gasteiger partial charge in [-0.3, -0.25) is 10.00 Å². The van der Waals surface area contributed by atoms with Crippen molar-refractivity contribution in [1.29, 1.82) is 0 Å². The van der Waals surface area contributed by atoms with Crippen molar-refractivity contribution in [3.8, 4) is 0 Å². The van der Waals surface area contributed by atoms with Gasteiger partial charge in [-0.05, 0) is 107 Å². The first-order valence-electron chi connectivity index (χ1n) is 16.7. The van der Waals surface area contributed by atoms with Crippen LogP contribution < -0.4 is 10.6 Å². The van der Waals surface area contributed by atoms with Gasteiger partial charge >= 0.3 is 0 Å². The second-order valence-electron chi connectivity index (χ2n) is 13.2. The van der Waals surface area contributed by atoms with Gasteiger partial charge in [-0.2, -0.15) is 5.10 Å². The van der Waals surface area contributed by atoms with Crippen molar-refractivity contribution < 1.29 is 0 Å². The monoisotopic (exact) mass is 568 g/mol. The molecule has 3 heterocycles. The van der Waals surface area contributed by atoms with Crippen LogP contribution in [0.1, 0.15) is 74.0 Å². The quantitative estimate of drug-likeness (QED) is 0.280. The van der Waals surface area contributed by atoms with Gasteiger partial charge in [0.05, 0.1) is 6.20 Å². The molecule has 2 aromatic carbocycles. The van der Waals surface area contributed by atoms with Gasteiger partial charge in [0.15, 0.2) is 0 Å². The molecule has 0 bridgehead atoms. The molecular weight excluding hydrogens is 516 g/mol. The molecule has 6 nitrogen and oxygen atoms in total. The number of hydrogen-bond acceptors (Lipinski definition) is 5. The van der Waals surface area contributed by atoms with E-state index in [0.717, 1.165) is 36.3 Å². The van der Waals surface area contributed by atoms with Crippen LogP contribution in [-0.2, 0) is 6.54 Å². The van der Waals surface area contributed by atoms with Crippen molar-refractivity contribution in [1.82, 2.24) is 30.6 Å². The molecule has 4 atom stereocenters. The van der Waals surface area contributed by atoms with E-state index in [0.29, 0.717) is 6.04 Å². The number of aromatic amines is 1. The Morgan fingerprint density at radius 3 is 1.67 bits per heavy atom. The SMILES string of the molecule is CCN1CCC(CN[C@@H]2C[C@H]2c2ccccc2)CC1.c1ccc([C@@H]2C[C@H]2NCC2CCN(Cc3cn[nH]c3)CC2)cc1. The lowest BCUT2D eigenvalue weighted by atomic mass is 9.96. The smallest absolute Gasteiger partial charge is 0.0532 e. The minimum atomic E-state index is 0.710. The molecular formula is C36H52N6. The number of likely N-dealkylation sites (tertiary alicyclic amines) is 2. The maximum absolute atomic E-state index is 4.03. The first-order chi connectivity index (χ1) is 20.7. The van der Waals surface area contributed by atoms with E-state index in [9.17, 15) is 0 Å². The third kappa shape index (κ3) is 8.53. The Balaban J connectivity index is 0.000000153. The van der Waals surface area contributed by atoms with E-state index in [1.165, 1.54) is 101 Å².